The van der Waals surface area contributed by atoms with Crippen LogP contribution in [-0.2, 0) is 25.9 Å². The smallest absolute Gasteiger partial charge is 0.221 e. The molecule has 1 N–H and O–H groups in total. The highest BCUT2D eigenvalue weighted by atomic mass is 15.0. The molecule has 3 nitrogen and oxygen atoms in total. The number of pyridine rings is 2. The molecule has 0 saturated heterocycles. The van der Waals surface area contributed by atoms with E-state index in [1.165, 1.54) is 72.1 Å². The van der Waals surface area contributed by atoms with E-state index in [9.17, 15) is 0 Å². The van der Waals surface area contributed by atoms with E-state index in [0.29, 0.717) is 0 Å². The molecule has 0 atom stereocenters. The standard InChI is InChI=1S/C37H32N3/c1-25-9-6-13-31-30(24-38-36(25)31)19-18-29-23-28-10-2-3-14-32(28)40-22-8-12-27-17-16-26-11-7-21-39-20-5-4-15-33(39)34(26)35(27)37(29)40/h2-6,9-10,13-20,23-24H,7-8,11-12,21-22H2,1H3/q+1/p+1. The lowest BCUT2D eigenvalue weighted by molar-refractivity contribution is -0.686. The van der Waals surface area contributed by atoms with E-state index >= 15 is 0 Å². The Hall–Kier alpha value is -4.50. The Labute approximate surface area is 235 Å². The monoisotopic (exact) mass is 519 g/mol. The molecule has 0 spiro atoms. The molecule has 0 aliphatic carbocycles. The van der Waals surface area contributed by atoms with Gasteiger partial charge in [0.2, 0.25) is 16.9 Å². The van der Waals surface area contributed by atoms with E-state index in [1.807, 2.05) is 0 Å². The van der Waals surface area contributed by atoms with Crippen LogP contribution in [0.25, 0.3) is 56.5 Å². The molecule has 2 aliphatic rings. The van der Waals surface area contributed by atoms with Crippen LogP contribution in [0.3, 0.4) is 0 Å². The Morgan fingerprint density at radius 3 is 2.48 bits per heavy atom. The second-order valence-electron chi connectivity index (χ2n) is 11.4. The summed E-state index contributed by atoms with van der Waals surface area (Å²) in [6.07, 6.45) is 13.6. The number of fused-ring (bicyclic) bond motifs is 10. The Morgan fingerprint density at radius 1 is 0.750 bits per heavy atom. The topological polar surface area (TPSA) is 23.5 Å². The molecule has 6 aromatic rings. The summed E-state index contributed by atoms with van der Waals surface area (Å²) in [7, 11) is 0. The number of nitrogens with zero attached hydrogens (tertiary/aromatic N) is 2. The number of para-hydroxylation sites is 2. The summed E-state index contributed by atoms with van der Waals surface area (Å²) in [5.74, 6) is 0. The van der Waals surface area contributed by atoms with Gasteiger partial charge in [-0.15, -0.1) is 0 Å². The Bertz CT molecular complexity index is 1970. The average Bonchev–Trinajstić information content (AvgIpc) is 3.18. The van der Waals surface area contributed by atoms with Crippen LogP contribution in [0.15, 0.2) is 91.3 Å². The highest BCUT2D eigenvalue weighted by Crippen LogP contribution is 2.41. The van der Waals surface area contributed by atoms with E-state index in [1.54, 1.807) is 0 Å². The number of H-pyrrole nitrogens is 1. The Balaban J connectivity index is 1.44. The zero-order chi connectivity index (χ0) is 26.6. The second kappa shape index (κ2) is 9.31. The first-order valence-electron chi connectivity index (χ1n) is 14.6. The first kappa shape index (κ1) is 23.4. The van der Waals surface area contributed by atoms with Crippen molar-refractivity contribution >= 4 is 34.0 Å². The fourth-order valence-corrected chi connectivity index (χ4v) is 7.09. The lowest BCUT2D eigenvalue weighted by Gasteiger charge is -2.15. The summed E-state index contributed by atoms with van der Waals surface area (Å²) < 4.78 is 5.07. The van der Waals surface area contributed by atoms with E-state index < -0.39 is 0 Å². The van der Waals surface area contributed by atoms with Gasteiger partial charge >= 0.3 is 0 Å². The van der Waals surface area contributed by atoms with Crippen molar-refractivity contribution in [2.45, 2.75) is 45.7 Å². The molecule has 0 fully saturated rings. The molecule has 0 unspecified atom stereocenters. The summed E-state index contributed by atoms with van der Waals surface area (Å²) in [4.78, 5) is 3.51. The molecule has 0 radical (unpaired) electrons. The summed E-state index contributed by atoms with van der Waals surface area (Å²) in [6.45, 7) is 4.25. The maximum Gasteiger partial charge on any atom is 0.221 e. The molecule has 3 heteroatoms. The van der Waals surface area contributed by atoms with Crippen molar-refractivity contribution in [1.82, 2.24) is 4.98 Å². The SMILES string of the molecule is Cc1cccc2c(/C=C/c3cc4ccccc4[n+]4c3-c3c(ccc5c3-c3cccc[n+]3CCC5)CCC4)c[nH]c12. The van der Waals surface area contributed by atoms with Gasteiger partial charge in [0, 0.05) is 59.1 Å². The van der Waals surface area contributed by atoms with Crippen molar-refractivity contribution in [2.75, 3.05) is 0 Å². The molecule has 2 aliphatic heterocycles. The number of hydrogen-bond acceptors (Lipinski definition) is 0. The van der Waals surface area contributed by atoms with E-state index in [2.05, 4.69) is 124 Å². The molecule has 0 bridgehead atoms. The molecule has 0 amide bonds. The van der Waals surface area contributed by atoms with Gasteiger partial charge in [0.15, 0.2) is 6.20 Å². The lowest BCUT2D eigenvalue weighted by Crippen LogP contribution is -2.38. The summed E-state index contributed by atoms with van der Waals surface area (Å²) in [5, 5.41) is 2.57. The second-order valence-corrected chi connectivity index (χ2v) is 11.4. The van der Waals surface area contributed by atoms with Gasteiger partial charge in [0.1, 0.15) is 13.1 Å². The third kappa shape index (κ3) is 3.65. The van der Waals surface area contributed by atoms with Crippen LogP contribution in [0.2, 0.25) is 0 Å². The predicted octanol–water partition coefficient (Wildman–Crippen LogP) is 7.60. The zero-order valence-corrected chi connectivity index (χ0v) is 23.0. The van der Waals surface area contributed by atoms with Gasteiger partial charge in [-0.25, -0.2) is 0 Å². The predicted molar refractivity (Wildman–Crippen MR) is 164 cm³/mol. The first-order valence-corrected chi connectivity index (χ1v) is 14.6. The van der Waals surface area contributed by atoms with Crippen LogP contribution >= 0.6 is 0 Å². The number of nitrogens with one attached hydrogen (secondary N) is 1. The van der Waals surface area contributed by atoms with Crippen molar-refractivity contribution in [1.29, 1.82) is 0 Å². The number of aromatic amines is 1. The van der Waals surface area contributed by atoms with E-state index in [4.69, 9.17) is 0 Å². The van der Waals surface area contributed by atoms with Crippen LogP contribution in [0.1, 0.15) is 40.7 Å². The van der Waals surface area contributed by atoms with Crippen LogP contribution in [-0.4, -0.2) is 4.98 Å². The number of aromatic nitrogens is 3. The summed E-state index contributed by atoms with van der Waals surface area (Å²) in [5.41, 5.74) is 14.8. The molecule has 194 valence electrons. The van der Waals surface area contributed by atoms with Crippen LogP contribution in [0, 0.1) is 6.92 Å². The van der Waals surface area contributed by atoms with Gasteiger partial charge in [-0.3, -0.25) is 0 Å². The van der Waals surface area contributed by atoms with E-state index in [-0.39, 0.29) is 0 Å². The Kier molecular flexibility index (Phi) is 5.44. The zero-order valence-electron chi connectivity index (χ0n) is 23.0. The van der Waals surface area contributed by atoms with Gasteiger partial charge in [-0.2, -0.15) is 9.13 Å². The normalized spacial score (nSPS) is 14.4. The number of rotatable bonds is 2. The molecule has 0 saturated carbocycles. The molecule has 40 heavy (non-hydrogen) atoms. The maximum absolute atomic E-state index is 3.51. The average molecular weight is 520 g/mol. The van der Waals surface area contributed by atoms with Gasteiger partial charge in [-0.05, 0) is 66.3 Å². The first-order chi connectivity index (χ1) is 19.8. The largest absolute Gasteiger partial charge is 0.360 e. The summed E-state index contributed by atoms with van der Waals surface area (Å²) in [6, 6.07) is 29.4. The van der Waals surface area contributed by atoms with Gasteiger partial charge in [0.05, 0.1) is 11.1 Å². The molecule has 5 heterocycles. The number of benzene rings is 3. The van der Waals surface area contributed by atoms with Gasteiger partial charge in [-0.1, -0.05) is 48.5 Å². The number of hydrogen-bond donors (Lipinski definition) is 1. The molecular weight excluding hydrogens is 486 g/mol. The molecule has 3 aromatic carbocycles. The van der Waals surface area contributed by atoms with Crippen molar-refractivity contribution in [3.63, 3.8) is 0 Å². The lowest BCUT2D eigenvalue weighted by atomic mass is 9.87. The summed E-state index contributed by atoms with van der Waals surface area (Å²) >= 11 is 0. The molecule has 3 aromatic heterocycles. The van der Waals surface area contributed by atoms with Gasteiger partial charge < -0.3 is 4.98 Å². The minimum atomic E-state index is 1.02. The Morgan fingerprint density at radius 2 is 1.55 bits per heavy atom. The van der Waals surface area contributed by atoms with E-state index in [0.717, 1.165) is 38.8 Å². The van der Waals surface area contributed by atoms with Crippen LogP contribution < -0.4 is 9.13 Å². The number of aryl methyl sites for hydroxylation is 5. The molecular formula is C37H33N3+2. The van der Waals surface area contributed by atoms with Crippen molar-refractivity contribution < 1.29 is 9.13 Å². The van der Waals surface area contributed by atoms with Gasteiger partial charge in [0.25, 0.3) is 0 Å². The third-order valence-electron chi connectivity index (χ3n) is 8.96. The minimum Gasteiger partial charge on any atom is -0.360 e. The highest BCUT2D eigenvalue weighted by Gasteiger charge is 2.33. The quantitative estimate of drug-likeness (QED) is 0.228. The molecule has 8 rings (SSSR count). The third-order valence-corrected chi connectivity index (χ3v) is 8.96. The van der Waals surface area contributed by atoms with Crippen LogP contribution in [0.4, 0.5) is 0 Å². The van der Waals surface area contributed by atoms with Crippen molar-refractivity contribution in [3.8, 4) is 22.5 Å². The maximum atomic E-state index is 3.51. The van der Waals surface area contributed by atoms with Crippen LogP contribution in [0.5, 0.6) is 0 Å². The highest BCUT2D eigenvalue weighted by molar-refractivity contribution is 5.96. The fraction of sp³-hybridized carbons (Fsp3) is 0.189. The minimum absolute atomic E-state index is 1.02. The van der Waals surface area contributed by atoms with Crippen molar-refractivity contribution in [3.05, 3.63) is 119 Å². The fourth-order valence-electron chi connectivity index (χ4n) is 7.09. The van der Waals surface area contributed by atoms with Crippen molar-refractivity contribution in [2.24, 2.45) is 0 Å².